The molecule has 0 spiro atoms. The third-order valence-electron chi connectivity index (χ3n) is 4.09. The molecule has 1 fully saturated rings. The van der Waals surface area contributed by atoms with Crippen molar-refractivity contribution >= 4 is 47.4 Å². The smallest absolute Gasteiger partial charge is 0.407 e. The number of hydrogen-bond acceptors (Lipinski definition) is 4. The maximum Gasteiger partial charge on any atom is 0.407 e. The van der Waals surface area contributed by atoms with Crippen molar-refractivity contribution in [2.24, 2.45) is 4.99 Å². The number of amides is 1. The Morgan fingerprint density at radius 3 is 2.81 bits per heavy atom. The lowest BCUT2D eigenvalue weighted by molar-refractivity contribution is 0.0507. The minimum Gasteiger partial charge on any atom is -0.444 e. The molecule has 2 unspecified atom stereocenters. The first-order valence-corrected chi connectivity index (χ1v) is 10.2. The number of carbonyl (C=O) groups is 1. The van der Waals surface area contributed by atoms with Crippen molar-refractivity contribution in [1.29, 1.82) is 0 Å². The highest BCUT2D eigenvalue weighted by Gasteiger charge is 2.27. The fraction of sp³-hybridized carbons (Fsp3) is 0.684. The lowest BCUT2D eigenvalue weighted by Crippen LogP contribution is -2.44. The second-order valence-electron chi connectivity index (χ2n) is 7.69. The van der Waals surface area contributed by atoms with Crippen molar-refractivity contribution in [3.05, 3.63) is 22.4 Å². The van der Waals surface area contributed by atoms with Crippen LogP contribution in [0, 0.1) is 0 Å². The molecule has 6 nitrogen and oxygen atoms in total. The number of guanidine groups is 1. The molecule has 0 radical (unpaired) electrons. The van der Waals surface area contributed by atoms with E-state index in [4.69, 9.17) is 9.73 Å². The molecule has 1 aromatic heterocycles. The van der Waals surface area contributed by atoms with Gasteiger partial charge in [0, 0.05) is 30.4 Å². The molecule has 1 amide bonds. The van der Waals surface area contributed by atoms with Gasteiger partial charge in [0.1, 0.15) is 5.60 Å². The van der Waals surface area contributed by atoms with Gasteiger partial charge in [-0.15, -0.1) is 35.3 Å². The van der Waals surface area contributed by atoms with Gasteiger partial charge in [0.25, 0.3) is 0 Å². The minimum absolute atomic E-state index is 0. The van der Waals surface area contributed by atoms with Crippen LogP contribution in [0.25, 0.3) is 0 Å². The van der Waals surface area contributed by atoms with Crippen LogP contribution in [0.3, 0.4) is 0 Å². The van der Waals surface area contributed by atoms with E-state index in [1.807, 2.05) is 20.8 Å². The predicted molar refractivity (Wildman–Crippen MR) is 123 cm³/mol. The second-order valence-corrected chi connectivity index (χ2v) is 8.67. The number of hydrogen-bond donors (Lipinski definition) is 2. The van der Waals surface area contributed by atoms with Crippen LogP contribution < -0.4 is 10.6 Å². The molecule has 27 heavy (non-hydrogen) atoms. The van der Waals surface area contributed by atoms with Gasteiger partial charge in [-0.3, -0.25) is 4.99 Å². The van der Waals surface area contributed by atoms with Crippen LogP contribution in [0.5, 0.6) is 0 Å². The van der Waals surface area contributed by atoms with Crippen molar-refractivity contribution in [3.63, 3.8) is 0 Å². The molecule has 1 saturated heterocycles. The zero-order chi connectivity index (χ0) is 19.2. The van der Waals surface area contributed by atoms with Crippen molar-refractivity contribution in [2.45, 2.75) is 58.6 Å². The third-order valence-corrected chi connectivity index (χ3v) is 5.19. The SMILES string of the molecule is CCNC(=NCC(C)c1cccs1)N1CCC(NC(=O)OC(C)(C)C)C1.I. The predicted octanol–water partition coefficient (Wildman–Crippen LogP) is 4.03. The van der Waals surface area contributed by atoms with Crippen LogP contribution in [0.2, 0.25) is 0 Å². The van der Waals surface area contributed by atoms with Crippen LogP contribution in [0.4, 0.5) is 4.79 Å². The number of carbonyl (C=O) groups excluding carboxylic acids is 1. The summed E-state index contributed by atoms with van der Waals surface area (Å²) in [6.07, 6.45) is 0.544. The molecule has 2 N–H and O–H groups in total. The first-order valence-electron chi connectivity index (χ1n) is 9.34. The molecule has 0 saturated carbocycles. The largest absolute Gasteiger partial charge is 0.444 e. The first-order chi connectivity index (χ1) is 12.3. The van der Waals surface area contributed by atoms with Crippen LogP contribution in [-0.4, -0.2) is 54.8 Å². The zero-order valence-corrected chi connectivity index (χ0v) is 20.1. The van der Waals surface area contributed by atoms with Crippen molar-refractivity contribution in [1.82, 2.24) is 15.5 Å². The Hall–Kier alpha value is -1.03. The monoisotopic (exact) mass is 508 g/mol. The van der Waals surface area contributed by atoms with E-state index in [0.29, 0.717) is 5.92 Å². The van der Waals surface area contributed by atoms with Crippen molar-refractivity contribution in [2.75, 3.05) is 26.2 Å². The van der Waals surface area contributed by atoms with Gasteiger partial charge >= 0.3 is 6.09 Å². The van der Waals surface area contributed by atoms with Crippen LogP contribution in [-0.2, 0) is 4.74 Å². The lowest BCUT2D eigenvalue weighted by Gasteiger charge is -2.23. The fourth-order valence-corrected chi connectivity index (χ4v) is 3.63. The first kappa shape index (κ1) is 24.0. The van der Waals surface area contributed by atoms with E-state index in [-0.39, 0.29) is 36.1 Å². The second kappa shape index (κ2) is 11.1. The molecule has 1 aromatic rings. The number of alkyl carbamates (subject to hydrolysis) is 1. The Bertz CT molecular complexity index is 601. The number of ether oxygens (including phenoxy) is 1. The maximum absolute atomic E-state index is 12.0. The van der Waals surface area contributed by atoms with E-state index in [1.54, 1.807) is 11.3 Å². The van der Waals surface area contributed by atoms with E-state index >= 15 is 0 Å². The number of halogens is 1. The number of aliphatic imine (C=N–C) groups is 1. The zero-order valence-electron chi connectivity index (χ0n) is 16.9. The highest BCUT2D eigenvalue weighted by molar-refractivity contribution is 14.0. The summed E-state index contributed by atoms with van der Waals surface area (Å²) < 4.78 is 5.35. The Morgan fingerprint density at radius 1 is 1.48 bits per heavy atom. The average molecular weight is 508 g/mol. The Morgan fingerprint density at radius 2 is 2.22 bits per heavy atom. The molecule has 154 valence electrons. The molecule has 0 aliphatic carbocycles. The normalized spacial score (nSPS) is 18.6. The molecular weight excluding hydrogens is 475 g/mol. The topological polar surface area (TPSA) is 66.0 Å². The highest BCUT2D eigenvalue weighted by atomic mass is 127. The average Bonchev–Trinajstić information content (AvgIpc) is 3.20. The van der Waals surface area contributed by atoms with Crippen molar-refractivity contribution in [3.8, 4) is 0 Å². The molecule has 2 heterocycles. The summed E-state index contributed by atoms with van der Waals surface area (Å²) in [7, 11) is 0. The summed E-state index contributed by atoms with van der Waals surface area (Å²) in [5.74, 6) is 1.33. The number of rotatable bonds is 5. The number of likely N-dealkylation sites (tertiary alicyclic amines) is 1. The van der Waals surface area contributed by atoms with E-state index in [2.05, 4.69) is 46.9 Å². The summed E-state index contributed by atoms with van der Waals surface area (Å²) in [4.78, 5) is 20.4. The van der Waals surface area contributed by atoms with Crippen LogP contribution >= 0.6 is 35.3 Å². The fourth-order valence-electron chi connectivity index (χ4n) is 2.86. The molecule has 1 aliphatic rings. The van der Waals surface area contributed by atoms with E-state index < -0.39 is 5.60 Å². The van der Waals surface area contributed by atoms with Gasteiger partial charge < -0.3 is 20.3 Å². The molecule has 0 bridgehead atoms. The molecule has 2 rings (SSSR count). The van der Waals surface area contributed by atoms with E-state index in [1.165, 1.54) is 4.88 Å². The molecule has 8 heteroatoms. The molecule has 2 atom stereocenters. The quantitative estimate of drug-likeness (QED) is 0.358. The Kier molecular flexibility index (Phi) is 9.86. The van der Waals surface area contributed by atoms with Crippen LogP contribution in [0.15, 0.2) is 22.5 Å². The third kappa shape index (κ3) is 8.25. The standard InChI is InChI=1S/C19H32N4O2S.HI/c1-6-20-17(21-12-14(2)16-8-7-11-26-16)23-10-9-15(13-23)22-18(24)25-19(3,4)5;/h7-8,11,14-15H,6,9-10,12-13H2,1-5H3,(H,20,21)(H,22,24);1H. The molecule has 0 aromatic carbocycles. The number of nitrogens with one attached hydrogen (secondary N) is 2. The number of nitrogens with zero attached hydrogens (tertiary/aromatic N) is 2. The van der Waals surface area contributed by atoms with E-state index in [0.717, 1.165) is 38.6 Å². The summed E-state index contributed by atoms with van der Waals surface area (Å²) in [5, 5.41) is 8.44. The van der Waals surface area contributed by atoms with E-state index in [9.17, 15) is 4.79 Å². The molecule has 1 aliphatic heterocycles. The van der Waals surface area contributed by atoms with Gasteiger partial charge in [-0.25, -0.2) is 4.79 Å². The molecular formula is C19H33IN4O2S. The Balaban J connectivity index is 0.00000364. The van der Waals surface area contributed by atoms with Gasteiger partial charge in [0.05, 0.1) is 12.6 Å². The van der Waals surface area contributed by atoms with Gasteiger partial charge in [-0.05, 0) is 45.6 Å². The summed E-state index contributed by atoms with van der Waals surface area (Å²) in [5.41, 5.74) is -0.476. The van der Waals surface area contributed by atoms with Crippen LogP contribution in [0.1, 0.15) is 51.8 Å². The van der Waals surface area contributed by atoms with Gasteiger partial charge in [0.15, 0.2) is 5.96 Å². The van der Waals surface area contributed by atoms with Crippen molar-refractivity contribution < 1.29 is 9.53 Å². The van der Waals surface area contributed by atoms with Gasteiger partial charge in [0.2, 0.25) is 0 Å². The highest BCUT2D eigenvalue weighted by Crippen LogP contribution is 2.21. The van der Waals surface area contributed by atoms with Gasteiger partial charge in [-0.1, -0.05) is 13.0 Å². The summed E-state index contributed by atoms with van der Waals surface area (Å²) >= 11 is 1.78. The minimum atomic E-state index is -0.476. The summed E-state index contributed by atoms with van der Waals surface area (Å²) in [6, 6.07) is 4.33. The summed E-state index contributed by atoms with van der Waals surface area (Å²) in [6.45, 7) is 13.1. The lowest BCUT2D eigenvalue weighted by atomic mass is 10.1. The van der Waals surface area contributed by atoms with Gasteiger partial charge in [-0.2, -0.15) is 0 Å². The maximum atomic E-state index is 12.0. The Labute approximate surface area is 184 Å². The number of thiophene rings is 1.